The smallest absolute Gasteiger partial charge is 0.414 e. The summed E-state index contributed by atoms with van der Waals surface area (Å²) in [5.74, 6) is -2.73. The summed E-state index contributed by atoms with van der Waals surface area (Å²) in [6, 6.07) is 15.3. The van der Waals surface area contributed by atoms with Gasteiger partial charge in [0.2, 0.25) is 11.8 Å². The first-order valence-corrected chi connectivity index (χ1v) is 10.7. The van der Waals surface area contributed by atoms with Crippen LogP contribution in [0.25, 0.3) is 11.1 Å². The van der Waals surface area contributed by atoms with E-state index in [1.807, 2.05) is 54.6 Å². The van der Waals surface area contributed by atoms with Gasteiger partial charge in [-0.15, -0.1) is 0 Å². The normalized spacial score (nSPS) is 16.3. The molecule has 2 aromatic carbocycles. The molecule has 0 radical (unpaired) electrons. The van der Waals surface area contributed by atoms with Crippen molar-refractivity contribution in [1.29, 1.82) is 0 Å². The molecule has 2 amide bonds. The minimum Gasteiger partial charge on any atom is -0.481 e. The number of carboxylic acids is 1. The van der Waals surface area contributed by atoms with E-state index >= 15 is 0 Å². The Morgan fingerprint density at radius 3 is 2.50 bits per heavy atom. The third kappa shape index (κ3) is 4.45. The molecule has 3 N–H and O–H groups in total. The van der Waals surface area contributed by atoms with Crippen LogP contribution in [0, 0.1) is 0 Å². The van der Waals surface area contributed by atoms with Crippen molar-refractivity contribution in [3.05, 3.63) is 70.9 Å². The van der Waals surface area contributed by atoms with Gasteiger partial charge in [-0.05, 0) is 47.7 Å². The van der Waals surface area contributed by atoms with Crippen LogP contribution >= 0.6 is 11.6 Å². The Morgan fingerprint density at radius 1 is 1.12 bits per heavy atom. The van der Waals surface area contributed by atoms with Crippen molar-refractivity contribution in [2.45, 2.75) is 31.5 Å². The quantitative estimate of drug-likeness (QED) is 0.629. The Labute approximate surface area is 190 Å². The zero-order valence-electron chi connectivity index (χ0n) is 17.2. The highest BCUT2D eigenvalue weighted by molar-refractivity contribution is 6.65. The van der Waals surface area contributed by atoms with Crippen LogP contribution in [-0.4, -0.2) is 40.4 Å². The SMILES string of the molecule is NC(=O)C(CCC(=O)O)B1N=C(c2ccc(-c3cccc(Cl)c3)cc2)C=C2CCC(=O)N12. The molecule has 1 saturated heterocycles. The summed E-state index contributed by atoms with van der Waals surface area (Å²) < 4.78 is 0. The maximum Gasteiger partial charge on any atom is 0.414 e. The lowest BCUT2D eigenvalue weighted by Crippen LogP contribution is -2.48. The summed E-state index contributed by atoms with van der Waals surface area (Å²) >= 11 is 6.09. The highest BCUT2D eigenvalue weighted by atomic mass is 35.5. The molecule has 7 nitrogen and oxygen atoms in total. The van der Waals surface area contributed by atoms with Gasteiger partial charge in [0.15, 0.2) is 0 Å². The van der Waals surface area contributed by atoms with Crippen molar-refractivity contribution in [2.75, 3.05) is 0 Å². The molecule has 32 heavy (non-hydrogen) atoms. The van der Waals surface area contributed by atoms with Crippen LogP contribution in [0.4, 0.5) is 0 Å². The molecular weight excluding hydrogens is 429 g/mol. The van der Waals surface area contributed by atoms with E-state index in [9.17, 15) is 14.4 Å². The molecule has 2 aliphatic rings. The number of carbonyl (C=O) groups excluding carboxylic acids is 2. The van der Waals surface area contributed by atoms with Crippen LogP contribution in [0.1, 0.15) is 31.2 Å². The first-order valence-electron chi connectivity index (χ1n) is 10.3. The first kappa shape index (κ1) is 21.8. The number of amides is 2. The predicted octanol–water partition coefficient (Wildman–Crippen LogP) is 3.52. The maximum absolute atomic E-state index is 12.5. The number of hydrogen-bond donors (Lipinski definition) is 2. The number of hydrogen-bond acceptors (Lipinski definition) is 4. The van der Waals surface area contributed by atoms with Gasteiger partial charge >= 0.3 is 13.0 Å². The van der Waals surface area contributed by atoms with Crippen molar-refractivity contribution in [3.8, 4) is 11.1 Å². The number of nitrogens with two attached hydrogens (primary N) is 1. The molecule has 0 saturated carbocycles. The van der Waals surface area contributed by atoms with Gasteiger partial charge in [0.1, 0.15) is 0 Å². The number of nitrogens with zero attached hydrogens (tertiary/aromatic N) is 2. The van der Waals surface area contributed by atoms with Gasteiger partial charge in [0, 0.05) is 23.6 Å². The van der Waals surface area contributed by atoms with E-state index in [1.54, 1.807) is 0 Å². The molecule has 0 bridgehead atoms. The molecule has 1 atom stereocenters. The molecule has 4 rings (SSSR count). The van der Waals surface area contributed by atoms with Gasteiger partial charge in [-0.3, -0.25) is 14.4 Å². The monoisotopic (exact) mass is 449 g/mol. The van der Waals surface area contributed by atoms with Crippen LogP contribution in [-0.2, 0) is 14.4 Å². The van der Waals surface area contributed by atoms with Crippen molar-refractivity contribution >= 4 is 42.1 Å². The average molecular weight is 450 g/mol. The summed E-state index contributed by atoms with van der Waals surface area (Å²) in [7, 11) is 0. The van der Waals surface area contributed by atoms with Crippen LogP contribution < -0.4 is 5.73 Å². The lowest BCUT2D eigenvalue weighted by molar-refractivity contribution is -0.137. The summed E-state index contributed by atoms with van der Waals surface area (Å²) in [6.07, 6.45) is 2.49. The fourth-order valence-corrected chi connectivity index (χ4v) is 4.33. The Hall–Kier alpha value is -3.39. The highest BCUT2D eigenvalue weighted by Crippen LogP contribution is 2.34. The second-order valence-electron chi connectivity index (χ2n) is 7.86. The van der Waals surface area contributed by atoms with Crippen molar-refractivity contribution in [2.24, 2.45) is 10.6 Å². The van der Waals surface area contributed by atoms with Crippen LogP contribution in [0.5, 0.6) is 0 Å². The number of carbonyl (C=O) groups is 3. The zero-order valence-corrected chi connectivity index (χ0v) is 18.0. The van der Waals surface area contributed by atoms with E-state index in [4.69, 9.17) is 27.3 Å². The number of primary amides is 1. The minimum atomic E-state index is -1.03. The topological polar surface area (TPSA) is 113 Å². The number of carboxylic acid groups (broad SMARTS) is 1. The van der Waals surface area contributed by atoms with E-state index in [2.05, 4.69) is 0 Å². The molecular formula is C23H21BClN3O4. The molecule has 2 heterocycles. The lowest BCUT2D eigenvalue weighted by Gasteiger charge is -2.31. The summed E-state index contributed by atoms with van der Waals surface area (Å²) in [4.78, 5) is 41.9. The van der Waals surface area contributed by atoms with E-state index in [-0.39, 0.29) is 18.7 Å². The average Bonchev–Trinajstić information content (AvgIpc) is 3.14. The fourth-order valence-electron chi connectivity index (χ4n) is 4.14. The molecule has 0 spiro atoms. The lowest BCUT2D eigenvalue weighted by atomic mass is 9.58. The molecule has 2 aromatic rings. The number of fused-ring (bicyclic) bond motifs is 1. The summed E-state index contributed by atoms with van der Waals surface area (Å²) in [6.45, 7) is -0.843. The van der Waals surface area contributed by atoms with Gasteiger partial charge in [-0.2, -0.15) is 0 Å². The second-order valence-corrected chi connectivity index (χ2v) is 8.29. The van der Waals surface area contributed by atoms with E-state index in [0.717, 1.165) is 22.4 Å². The number of benzene rings is 2. The zero-order chi connectivity index (χ0) is 22.8. The Morgan fingerprint density at radius 2 is 1.84 bits per heavy atom. The number of halogens is 1. The van der Waals surface area contributed by atoms with Crippen molar-refractivity contribution in [3.63, 3.8) is 0 Å². The van der Waals surface area contributed by atoms with Crippen LogP contribution in [0.3, 0.4) is 0 Å². The Kier molecular flexibility index (Phi) is 6.14. The third-order valence-electron chi connectivity index (χ3n) is 5.75. The Balaban J connectivity index is 1.68. The molecule has 0 aromatic heterocycles. The van der Waals surface area contributed by atoms with Crippen LogP contribution in [0.15, 0.2) is 65.2 Å². The maximum atomic E-state index is 12.5. The van der Waals surface area contributed by atoms with Gasteiger partial charge < -0.3 is 20.6 Å². The van der Waals surface area contributed by atoms with Crippen molar-refractivity contribution in [1.82, 2.24) is 4.81 Å². The molecule has 0 aliphatic carbocycles. The highest BCUT2D eigenvalue weighted by Gasteiger charge is 2.45. The third-order valence-corrected chi connectivity index (χ3v) is 5.98. The van der Waals surface area contributed by atoms with Gasteiger partial charge in [0.25, 0.3) is 0 Å². The standard InChI is InChI=1S/C23H21BClN3O4/c25-17-3-1-2-16(12-17)14-4-6-15(7-5-14)20-13-18-8-10-21(29)28(18)24(27-20)19(23(26)32)9-11-22(30)31/h1-7,12-13,19H,8-11H2,(H2,26,32)(H,30,31). The van der Waals surface area contributed by atoms with Crippen LogP contribution in [0.2, 0.25) is 10.8 Å². The predicted molar refractivity (Wildman–Crippen MR) is 123 cm³/mol. The molecule has 1 fully saturated rings. The molecule has 162 valence electrons. The van der Waals surface area contributed by atoms with E-state index in [1.165, 1.54) is 4.81 Å². The number of aliphatic carboxylic acids is 1. The Bertz CT molecular complexity index is 1150. The van der Waals surface area contributed by atoms with Gasteiger partial charge in [-0.1, -0.05) is 48.0 Å². The fraction of sp³-hybridized carbons (Fsp3) is 0.217. The summed E-state index contributed by atoms with van der Waals surface area (Å²) in [5.41, 5.74) is 9.80. The first-order chi connectivity index (χ1) is 15.3. The second kappa shape index (κ2) is 9.00. The molecule has 1 unspecified atom stereocenters. The van der Waals surface area contributed by atoms with E-state index in [0.29, 0.717) is 23.6 Å². The number of rotatable bonds is 7. The minimum absolute atomic E-state index is 0.0108. The van der Waals surface area contributed by atoms with E-state index < -0.39 is 24.7 Å². The van der Waals surface area contributed by atoms with Crippen molar-refractivity contribution < 1.29 is 19.5 Å². The number of allylic oxidation sites excluding steroid dienone is 2. The summed E-state index contributed by atoms with van der Waals surface area (Å²) in [5, 5.41) is 9.71. The molecule has 9 heteroatoms. The van der Waals surface area contributed by atoms with Gasteiger partial charge in [-0.25, -0.2) is 0 Å². The molecule has 2 aliphatic heterocycles. The van der Waals surface area contributed by atoms with Gasteiger partial charge in [0.05, 0.1) is 11.5 Å². The largest absolute Gasteiger partial charge is 0.481 e.